The van der Waals surface area contributed by atoms with Gasteiger partial charge in [0.2, 0.25) is 0 Å². The van der Waals surface area contributed by atoms with Crippen LogP contribution in [0.4, 0.5) is 0 Å². The molecule has 3 heteroatoms. The van der Waals surface area contributed by atoms with Gasteiger partial charge < -0.3 is 10.2 Å². The van der Waals surface area contributed by atoms with Crippen molar-refractivity contribution in [2.75, 3.05) is 0 Å². The van der Waals surface area contributed by atoms with Gasteiger partial charge in [-0.1, -0.05) is 68.7 Å². The maximum absolute atomic E-state index is 10.4. The van der Waals surface area contributed by atoms with Gasteiger partial charge >= 0.3 is 5.97 Å². The van der Waals surface area contributed by atoms with Gasteiger partial charge in [0, 0.05) is 6.42 Å². The molecule has 0 aromatic heterocycles. The lowest BCUT2D eigenvalue weighted by Gasteiger charge is -2.04. The molecule has 0 amide bonds. The van der Waals surface area contributed by atoms with Gasteiger partial charge in [-0.25, -0.2) is 0 Å². The maximum Gasteiger partial charge on any atom is 0.303 e. The fourth-order valence-electron chi connectivity index (χ4n) is 2.28. The third-order valence-electron chi connectivity index (χ3n) is 3.60. The summed E-state index contributed by atoms with van der Waals surface area (Å²) < 4.78 is 0. The number of carboxylic acid groups (broad SMARTS) is 1. The van der Waals surface area contributed by atoms with Crippen LogP contribution in [0.25, 0.3) is 12.2 Å². The minimum Gasteiger partial charge on any atom is -0.481 e. The first-order valence-corrected chi connectivity index (χ1v) is 8.46. The van der Waals surface area contributed by atoms with Crippen LogP contribution in [0, 0.1) is 0 Å². The van der Waals surface area contributed by atoms with Crippen molar-refractivity contribution in [2.45, 2.75) is 58.0 Å². The van der Waals surface area contributed by atoms with Crippen LogP contribution in [-0.2, 0) is 4.79 Å². The molecule has 0 aliphatic heterocycles. The number of carbonyl (C=O) groups is 1. The number of unbranched alkanes of at least 4 members (excludes halogenated alkanes) is 3. The molecule has 1 unspecified atom stereocenters. The van der Waals surface area contributed by atoms with E-state index in [9.17, 15) is 9.90 Å². The molecule has 3 nitrogen and oxygen atoms in total. The van der Waals surface area contributed by atoms with E-state index in [1.165, 1.54) is 0 Å². The summed E-state index contributed by atoms with van der Waals surface area (Å²) >= 11 is 0. The van der Waals surface area contributed by atoms with Gasteiger partial charge in [0.05, 0.1) is 6.10 Å². The first-order valence-electron chi connectivity index (χ1n) is 8.46. The number of aliphatic hydroxyl groups is 1. The van der Waals surface area contributed by atoms with Crippen LogP contribution in [0.1, 0.15) is 63.0 Å². The van der Waals surface area contributed by atoms with E-state index in [-0.39, 0.29) is 12.5 Å². The number of rotatable bonds is 11. The summed E-state index contributed by atoms with van der Waals surface area (Å²) in [5.74, 6) is -0.747. The zero-order valence-electron chi connectivity index (χ0n) is 13.9. The summed E-state index contributed by atoms with van der Waals surface area (Å²) in [5.41, 5.74) is 2.15. The molecule has 2 N–H and O–H groups in total. The summed E-state index contributed by atoms with van der Waals surface area (Å²) in [6.45, 7) is 2.16. The molecule has 0 aliphatic carbocycles. The van der Waals surface area contributed by atoms with E-state index in [1.54, 1.807) is 0 Å². The molecule has 0 radical (unpaired) electrons. The van der Waals surface area contributed by atoms with E-state index >= 15 is 0 Å². The third-order valence-corrected chi connectivity index (χ3v) is 3.60. The predicted molar refractivity (Wildman–Crippen MR) is 96.1 cm³/mol. The zero-order valence-corrected chi connectivity index (χ0v) is 13.9. The van der Waals surface area contributed by atoms with Crippen LogP contribution in [0.3, 0.4) is 0 Å². The summed E-state index contributed by atoms with van der Waals surface area (Å²) in [4.78, 5) is 10.4. The Morgan fingerprint density at radius 1 is 1.17 bits per heavy atom. The number of carboxylic acids is 1. The SMILES string of the molecule is CCCCCC(O)/C=C/c1cccc(/C=C\CCCC(=O)O)c1. The molecule has 126 valence electrons. The summed E-state index contributed by atoms with van der Waals surface area (Å²) in [6, 6.07) is 8.07. The second-order valence-corrected chi connectivity index (χ2v) is 5.78. The second-order valence-electron chi connectivity index (χ2n) is 5.78. The van der Waals surface area contributed by atoms with Crippen molar-refractivity contribution in [3.63, 3.8) is 0 Å². The largest absolute Gasteiger partial charge is 0.481 e. The monoisotopic (exact) mass is 316 g/mol. The number of benzene rings is 1. The Bertz CT molecular complexity index is 517. The number of allylic oxidation sites excluding steroid dienone is 1. The molecule has 0 saturated heterocycles. The van der Waals surface area contributed by atoms with Crippen LogP contribution in [0.2, 0.25) is 0 Å². The average Bonchev–Trinajstić information content (AvgIpc) is 2.53. The first-order chi connectivity index (χ1) is 11.1. The quantitative estimate of drug-likeness (QED) is 0.570. The van der Waals surface area contributed by atoms with E-state index in [1.807, 2.05) is 42.5 Å². The lowest BCUT2D eigenvalue weighted by Crippen LogP contribution is -2.01. The van der Waals surface area contributed by atoms with Gasteiger partial charge in [-0.15, -0.1) is 0 Å². The minimum atomic E-state index is -0.747. The number of aliphatic hydroxyl groups excluding tert-OH is 1. The molecule has 1 aromatic rings. The van der Waals surface area contributed by atoms with Crippen molar-refractivity contribution in [2.24, 2.45) is 0 Å². The normalized spacial score (nSPS) is 13.0. The Morgan fingerprint density at radius 3 is 2.61 bits per heavy atom. The Balaban J connectivity index is 2.46. The molecule has 0 bridgehead atoms. The predicted octanol–water partition coefficient (Wildman–Crippen LogP) is 4.91. The van der Waals surface area contributed by atoms with E-state index in [0.717, 1.165) is 43.2 Å². The van der Waals surface area contributed by atoms with Gasteiger partial charge in [-0.05, 0) is 36.5 Å². The second kappa shape index (κ2) is 11.7. The smallest absolute Gasteiger partial charge is 0.303 e. The minimum absolute atomic E-state index is 0.211. The Hall–Kier alpha value is -1.87. The standard InChI is InChI=1S/C20H28O3/c1-2-3-5-12-19(21)15-14-18-11-8-10-17(16-18)9-6-4-7-13-20(22)23/h6,8-11,14-16,19,21H,2-5,7,12-13H2,1H3,(H,22,23)/b9-6-,15-14+. The van der Waals surface area contributed by atoms with Gasteiger partial charge in [0.15, 0.2) is 0 Å². The van der Waals surface area contributed by atoms with E-state index < -0.39 is 5.97 Å². The van der Waals surface area contributed by atoms with Gasteiger partial charge in [0.25, 0.3) is 0 Å². The van der Waals surface area contributed by atoms with Gasteiger partial charge in [-0.3, -0.25) is 4.79 Å². The summed E-state index contributed by atoms with van der Waals surface area (Å²) in [5, 5.41) is 18.5. The molecule has 0 saturated carbocycles. The Morgan fingerprint density at radius 2 is 1.91 bits per heavy atom. The number of hydrogen-bond acceptors (Lipinski definition) is 2. The Kier molecular flexibility index (Phi) is 9.73. The fraction of sp³-hybridized carbons (Fsp3) is 0.450. The highest BCUT2D eigenvalue weighted by Gasteiger charge is 1.98. The summed E-state index contributed by atoms with van der Waals surface area (Å²) in [6.07, 6.45) is 13.3. The first kappa shape index (κ1) is 19.2. The zero-order chi connectivity index (χ0) is 16.9. The maximum atomic E-state index is 10.4. The van der Waals surface area contributed by atoms with Crippen LogP contribution in [0.5, 0.6) is 0 Å². The third kappa shape index (κ3) is 9.69. The van der Waals surface area contributed by atoms with Crippen LogP contribution >= 0.6 is 0 Å². The van der Waals surface area contributed by atoms with Crippen LogP contribution < -0.4 is 0 Å². The highest BCUT2D eigenvalue weighted by Crippen LogP contribution is 2.12. The van der Waals surface area contributed by atoms with Crippen molar-refractivity contribution >= 4 is 18.1 Å². The molecular weight excluding hydrogens is 288 g/mol. The molecule has 1 atom stereocenters. The van der Waals surface area contributed by atoms with Crippen LogP contribution in [0.15, 0.2) is 36.4 Å². The van der Waals surface area contributed by atoms with E-state index in [4.69, 9.17) is 5.11 Å². The highest BCUT2D eigenvalue weighted by molar-refractivity contribution is 5.66. The lowest BCUT2D eigenvalue weighted by molar-refractivity contribution is -0.137. The Labute approximate surface area is 139 Å². The van der Waals surface area contributed by atoms with Crippen molar-refractivity contribution in [1.82, 2.24) is 0 Å². The van der Waals surface area contributed by atoms with Gasteiger partial charge in [-0.2, -0.15) is 0 Å². The van der Waals surface area contributed by atoms with E-state index in [2.05, 4.69) is 13.0 Å². The van der Waals surface area contributed by atoms with E-state index in [0.29, 0.717) is 6.42 Å². The van der Waals surface area contributed by atoms with Crippen molar-refractivity contribution in [1.29, 1.82) is 0 Å². The number of hydrogen-bond donors (Lipinski definition) is 2. The molecule has 23 heavy (non-hydrogen) atoms. The molecule has 1 aromatic carbocycles. The lowest BCUT2D eigenvalue weighted by atomic mass is 10.1. The molecular formula is C20H28O3. The molecule has 0 aliphatic rings. The van der Waals surface area contributed by atoms with Crippen molar-refractivity contribution in [3.8, 4) is 0 Å². The summed E-state index contributed by atoms with van der Waals surface area (Å²) in [7, 11) is 0. The molecule has 0 heterocycles. The fourth-order valence-corrected chi connectivity index (χ4v) is 2.28. The number of aliphatic carboxylic acids is 1. The van der Waals surface area contributed by atoms with Crippen molar-refractivity contribution < 1.29 is 15.0 Å². The van der Waals surface area contributed by atoms with Crippen LogP contribution in [-0.4, -0.2) is 22.3 Å². The van der Waals surface area contributed by atoms with Crippen molar-refractivity contribution in [3.05, 3.63) is 47.5 Å². The average molecular weight is 316 g/mol. The molecule has 0 fully saturated rings. The highest BCUT2D eigenvalue weighted by atomic mass is 16.4. The molecule has 1 rings (SSSR count). The van der Waals surface area contributed by atoms with Gasteiger partial charge in [0.1, 0.15) is 0 Å². The molecule has 0 spiro atoms. The topological polar surface area (TPSA) is 57.5 Å².